The summed E-state index contributed by atoms with van der Waals surface area (Å²) in [6, 6.07) is 0. The number of hydrogen-bond donors (Lipinski definition) is 3. The van der Waals surface area contributed by atoms with Crippen LogP contribution in [0.1, 0.15) is 34.6 Å². The van der Waals surface area contributed by atoms with Crippen LogP contribution in [0.3, 0.4) is 0 Å². The van der Waals surface area contributed by atoms with Gasteiger partial charge in [-0.3, -0.25) is 14.5 Å². The van der Waals surface area contributed by atoms with E-state index < -0.39 is 5.79 Å². The van der Waals surface area contributed by atoms with Crippen molar-refractivity contribution in [3.8, 4) is 0 Å². The van der Waals surface area contributed by atoms with Gasteiger partial charge in [-0.25, -0.2) is 4.98 Å². The van der Waals surface area contributed by atoms with E-state index in [2.05, 4.69) is 15.2 Å². The van der Waals surface area contributed by atoms with Crippen molar-refractivity contribution in [2.24, 2.45) is 0 Å². The Kier molecular flexibility index (Phi) is 3.78. The molecule has 1 aliphatic heterocycles. The first-order chi connectivity index (χ1) is 9.93. The first kappa shape index (κ1) is 14.6. The predicted octanol–water partition coefficient (Wildman–Crippen LogP) is -0.0128. The number of carbonyl (C=O) groups is 2. The van der Waals surface area contributed by atoms with E-state index in [1.807, 2.05) is 0 Å². The molecular formula is C13H17N3O4S. The number of Topliss-reactive ketones (excluding diaryl/α,β-unsaturated/α-hetero) is 1. The van der Waals surface area contributed by atoms with Crippen LogP contribution in [0.5, 0.6) is 0 Å². The molecular weight excluding hydrogens is 294 g/mol. The van der Waals surface area contributed by atoms with Gasteiger partial charge in [0.1, 0.15) is 0 Å². The number of rotatable bonds is 3. The van der Waals surface area contributed by atoms with Gasteiger partial charge in [0, 0.05) is 6.42 Å². The monoisotopic (exact) mass is 311 g/mol. The average molecular weight is 311 g/mol. The summed E-state index contributed by atoms with van der Waals surface area (Å²) in [5.41, 5.74) is 0.345. The SMILES string of the molecule is O=C(CN1CCCC1)Nc1nc2c(s1)C(=O)CC(O)(O)C2. The topological polar surface area (TPSA) is 103 Å². The molecule has 8 heteroatoms. The number of amides is 1. The van der Waals surface area contributed by atoms with E-state index in [9.17, 15) is 19.8 Å². The number of nitrogens with one attached hydrogen (secondary N) is 1. The zero-order valence-electron chi connectivity index (χ0n) is 11.5. The molecule has 0 bridgehead atoms. The van der Waals surface area contributed by atoms with Crippen molar-refractivity contribution < 1.29 is 19.8 Å². The lowest BCUT2D eigenvalue weighted by Gasteiger charge is -2.23. The van der Waals surface area contributed by atoms with Crippen LogP contribution in [0.2, 0.25) is 0 Å². The summed E-state index contributed by atoms with van der Waals surface area (Å²) in [6.45, 7) is 2.18. The smallest absolute Gasteiger partial charge is 0.240 e. The predicted molar refractivity (Wildman–Crippen MR) is 76.2 cm³/mol. The summed E-state index contributed by atoms with van der Waals surface area (Å²) in [5.74, 6) is -2.54. The summed E-state index contributed by atoms with van der Waals surface area (Å²) >= 11 is 1.10. The van der Waals surface area contributed by atoms with Crippen LogP contribution < -0.4 is 5.32 Å². The number of hydrogen-bond acceptors (Lipinski definition) is 7. The van der Waals surface area contributed by atoms with Crippen molar-refractivity contribution in [1.82, 2.24) is 9.88 Å². The van der Waals surface area contributed by atoms with E-state index in [0.717, 1.165) is 37.3 Å². The summed E-state index contributed by atoms with van der Waals surface area (Å²) in [7, 11) is 0. The lowest BCUT2D eigenvalue weighted by molar-refractivity contribution is -0.158. The molecule has 1 aromatic heterocycles. The zero-order valence-corrected chi connectivity index (χ0v) is 12.3. The summed E-state index contributed by atoms with van der Waals surface area (Å²) in [5, 5.41) is 22.2. The number of likely N-dealkylation sites (tertiary alicyclic amines) is 1. The van der Waals surface area contributed by atoms with E-state index in [1.165, 1.54) is 0 Å². The third kappa shape index (κ3) is 3.29. The first-order valence-electron chi connectivity index (χ1n) is 6.93. The molecule has 2 heterocycles. The molecule has 1 aliphatic carbocycles. The fourth-order valence-corrected chi connectivity index (χ4v) is 3.65. The van der Waals surface area contributed by atoms with Gasteiger partial charge in [-0.05, 0) is 25.9 Å². The molecule has 1 aromatic rings. The van der Waals surface area contributed by atoms with Crippen LogP contribution in [0.15, 0.2) is 0 Å². The average Bonchev–Trinajstić information content (AvgIpc) is 2.97. The standard InChI is InChI=1S/C13H17N3O4S/c17-9-6-13(19,20)5-8-11(9)21-12(14-8)15-10(18)7-16-3-1-2-4-16/h19-20H,1-7H2,(H,14,15,18). The Morgan fingerprint density at radius 2 is 2.05 bits per heavy atom. The fourth-order valence-electron chi connectivity index (χ4n) is 2.71. The van der Waals surface area contributed by atoms with E-state index in [4.69, 9.17) is 0 Å². The van der Waals surface area contributed by atoms with E-state index in [0.29, 0.717) is 22.2 Å². The molecule has 0 unspecified atom stereocenters. The Morgan fingerprint density at radius 1 is 1.33 bits per heavy atom. The summed E-state index contributed by atoms with van der Waals surface area (Å²) in [4.78, 5) is 30.3. The fraction of sp³-hybridized carbons (Fsp3) is 0.615. The number of carbonyl (C=O) groups excluding carboxylic acids is 2. The van der Waals surface area contributed by atoms with Crippen LogP contribution in [-0.2, 0) is 11.2 Å². The van der Waals surface area contributed by atoms with Crippen molar-refractivity contribution in [2.75, 3.05) is 25.0 Å². The number of aliphatic hydroxyl groups is 2. The van der Waals surface area contributed by atoms with Gasteiger partial charge in [0.15, 0.2) is 16.7 Å². The molecule has 0 aromatic carbocycles. The summed E-state index contributed by atoms with van der Waals surface area (Å²) < 4.78 is 0. The number of fused-ring (bicyclic) bond motifs is 1. The lowest BCUT2D eigenvalue weighted by atomic mass is 9.96. The number of nitrogens with zero attached hydrogens (tertiary/aromatic N) is 2. The molecule has 0 atom stereocenters. The number of aromatic nitrogens is 1. The Labute approximate surface area is 125 Å². The van der Waals surface area contributed by atoms with Gasteiger partial charge < -0.3 is 15.5 Å². The van der Waals surface area contributed by atoms with Crippen molar-refractivity contribution >= 4 is 28.2 Å². The molecule has 0 saturated carbocycles. The number of thiazole rings is 1. The largest absolute Gasteiger partial charge is 0.365 e. The quantitative estimate of drug-likeness (QED) is 0.678. The maximum atomic E-state index is 11.9. The van der Waals surface area contributed by atoms with E-state index >= 15 is 0 Å². The second-order valence-corrected chi connectivity index (χ2v) is 6.58. The molecule has 1 saturated heterocycles. The second-order valence-electron chi connectivity index (χ2n) is 5.59. The highest BCUT2D eigenvalue weighted by Gasteiger charge is 2.37. The highest BCUT2D eigenvalue weighted by atomic mass is 32.1. The highest BCUT2D eigenvalue weighted by molar-refractivity contribution is 7.17. The zero-order chi connectivity index (χ0) is 15.0. The van der Waals surface area contributed by atoms with E-state index in [1.54, 1.807) is 0 Å². The van der Waals surface area contributed by atoms with Crippen LogP contribution >= 0.6 is 11.3 Å². The third-order valence-electron chi connectivity index (χ3n) is 3.66. The first-order valence-corrected chi connectivity index (χ1v) is 7.74. The molecule has 7 nitrogen and oxygen atoms in total. The van der Waals surface area contributed by atoms with Crippen molar-refractivity contribution in [3.05, 3.63) is 10.6 Å². The maximum Gasteiger partial charge on any atom is 0.240 e. The van der Waals surface area contributed by atoms with Crippen LogP contribution in [0.25, 0.3) is 0 Å². The molecule has 21 heavy (non-hydrogen) atoms. The normalized spacial score (nSPS) is 21.3. The van der Waals surface area contributed by atoms with Crippen molar-refractivity contribution in [3.63, 3.8) is 0 Å². The Morgan fingerprint density at radius 3 is 2.76 bits per heavy atom. The summed E-state index contributed by atoms with van der Waals surface area (Å²) in [6.07, 6.45) is 1.81. The second kappa shape index (κ2) is 5.45. The third-order valence-corrected chi connectivity index (χ3v) is 4.71. The lowest BCUT2D eigenvalue weighted by Crippen LogP contribution is -2.37. The molecule has 0 radical (unpaired) electrons. The van der Waals surface area contributed by atoms with Gasteiger partial charge in [0.05, 0.1) is 23.5 Å². The molecule has 3 rings (SSSR count). The molecule has 114 valence electrons. The van der Waals surface area contributed by atoms with Crippen molar-refractivity contribution in [1.29, 1.82) is 0 Å². The molecule has 1 amide bonds. The minimum atomic E-state index is -2.03. The van der Waals surface area contributed by atoms with Gasteiger partial charge in [-0.1, -0.05) is 11.3 Å². The minimum Gasteiger partial charge on any atom is -0.365 e. The van der Waals surface area contributed by atoms with E-state index in [-0.39, 0.29) is 24.5 Å². The van der Waals surface area contributed by atoms with Crippen LogP contribution in [-0.4, -0.2) is 57.2 Å². The van der Waals surface area contributed by atoms with Gasteiger partial charge in [-0.15, -0.1) is 0 Å². The molecule has 2 aliphatic rings. The van der Waals surface area contributed by atoms with Gasteiger partial charge in [0.2, 0.25) is 5.91 Å². The molecule has 3 N–H and O–H groups in total. The van der Waals surface area contributed by atoms with Crippen LogP contribution in [0, 0.1) is 0 Å². The number of ketones is 1. The van der Waals surface area contributed by atoms with Gasteiger partial charge in [0.25, 0.3) is 0 Å². The highest BCUT2D eigenvalue weighted by Crippen LogP contribution is 2.33. The Balaban J connectivity index is 1.67. The minimum absolute atomic E-state index is 0.0907. The Bertz CT molecular complexity index is 578. The molecule has 1 fully saturated rings. The maximum absolute atomic E-state index is 11.9. The number of anilines is 1. The van der Waals surface area contributed by atoms with Gasteiger partial charge >= 0.3 is 0 Å². The van der Waals surface area contributed by atoms with Crippen molar-refractivity contribution in [2.45, 2.75) is 31.5 Å². The van der Waals surface area contributed by atoms with Crippen LogP contribution in [0.4, 0.5) is 5.13 Å². The Hall–Kier alpha value is -1.35. The molecule has 0 spiro atoms. The van der Waals surface area contributed by atoms with Gasteiger partial charge in [-0.2, -0.15) is 0 Å².